The smallest absolute Gasteiger partial charge is 0.326 e. The molecule has 102 valence electrons. The van der Waals surface area contributed by atoms with Gasteiger partial charge in [0, 0.05) is 13.1 Å². The topological polar surface area (TPSA) is 101 Å². The minimum absolute atomic E-state index is 0.486. The molecule has 0 spiro atoms. The fraction of sp³-hybridized carbons (Fsp3) is 0.273. The number of aliphatic carboxylic acids is 1. The highest BCUT2D eigenvalue weighted by Gasteiger charge is 2.28. The Morgan fingerprint density at radius 2 is 2.05 bits per heavy atom. The third-order valence-electron chi connectivity index (χ3n) is 2.64. The number of hydrogen-bond acceptors (Lipinski definition) is 4. The van der Waals surface area contributed by atoms with E-state index in [4.69, 9.17) is 5.11 Å². The standard InChI is InChI=1S/C11H11FN2O5/c1-6(11(16)17)13(2)10(15)8-5-7(12)3-4-9(8)14(18)19/h3-6H,1-2H3,(H,16,17). The SMILES string of the molecule is CC(C(=O)O)N(C)C(=O)c1cc(F)ccc1[N+](=O)[O-]. The molecule has 7 nitrogen and oxygen atoms in total. The molecule has 0 aliphatic carbocycles. The van der Waals surface area contributed by atoms with Crippen molar-refractivity contribution in [3.05, 3.63) is 39.7 Å². The normalized spacial score (nSPS) is 11.7. The number of nitro groups is 1. The average molecular weight is 270 g/mol. The van der Waals surface area contributed by atoms with Crippen molar-refractivity contribution in [3.8, 4) is 0 Å². The number of rotatable bonds is 4. The highest BCUT2D eigenvalue weighted by molar-refractivity contribution is 5.99. The van der Waals surface area contributed by atoms with Crippen LogP contribution in [0.3, 0.4) is 0 Å². The molecule has 1 unspecified atom stereocenters. The maximum Gasteiger partial charge on any atom is 0.326 e. The number of halogens is 1. The maximum absolute atomic E-state index is 13.1. The Kier molecular flexibility index (Phi) is 4.15. The number of likely N-dealkylation sites (N-methyl/N-ethyl adjacent to an activating group) is 1. The second kappa shape index (κ2) is 5.42. The Labute approximate surface area is 107 Å². The predicted molar refractivity (Wildman–Crippen MR) is 62.2 cm³/mol. The Morgan fingerprint density at radius 1 is 1.47 bits per heavy atom. The molecule has 0 radical (unpaired) electrons. The van der Waals surface area contributed by atoms with Gasteiger partial charge in [0.15, 0.2) is 0 Å². The lowest BCUT2D eigenvalue weighted by atomic mass is 10.1. The maximum atomic E-state index is 13.1. The van der Waals surface area contributed by atoms with Crippen molar-refractivity contribution in [1.29, 1.82) is 0 Å². The van der Waals surface area contributed by atoms with Crippen LogP contribution in [0, 0.1) is 15.9 Å². The number of carboxylic acid groups (broad SMARTS) is 1. The predicted octanol–water partition coefficient (Wildman–Crippen LogP) is 1.28. The van der Waals surface area contributed by atoms with Gasteiger partial charge in [-0.1, -0.05) is 0 Å². The van der Waals surface area contributed by atoms with Gasteiger partial charge in [0.2, 0.25) is 0 Å². The van der Waals surface area contributed by atoms with Gasteiger partial charge in [0.1, 0.15) is 17.4 Å². The van der Waals surface area contributed by atoms with Crippen LogP contribution in [0.15, 0.2) is 18.2 Å². The van der Waals surface area contributed by atoms with Crippen LogP contribution < -0.4 is 0 Å². The van der Waals surface area contributed by atoms with E-state index in [2.05, 4.69) is 0 Å². The van der Waals surface area contributed by atoms with E-state index in [1.165, 1.54) is 14.0 Å². The molecule has 0 fully saturated rings. The lowest BCUT2D eigenvalue weighted by Crippen LogP contribution is -2.40. The molecule has 0 saturated heterocycles. The van der Waals surface area contributed by atoms with Crippen molar-refractivity contribution in [3.63, 3.8) is 0 Å². The molecule has 1 aromatic rings. The van der Waals surface area contributed by atoms with E-state index in [9.17, 15) is 24.1 Å². The molecule has 1 aromatic carbocycles. The van der Waals surface area contributed by atoms with Crippen molar-refractivity contribution in [2.45, 2.75) is 13.0 Å². The van der Waals surface area contributed by atoms with Crippen LogP contribution in [-0.4, -0.2) is 39.9 Å². The quantitative estimate of drug-likeness (QED) is 0.656. The fourth-order valence-electron chi connectivity index (χ4n) is 1.37. The summed E-state index contributed by atoms with van der Waals surface area (Å²) in [6, 6.07) is 1.25. The zero-order valence-corrected chi connectivity index (χ0v) is 10.2. The first-order valence-corrected chi connectivity index (χ1v) is 5.19. The first-order valence-electron chi connectivity index (χ1n) is 5.19. The van der Waals surface area contributed by atoms with Crippen LogP contribution in [-0.2, 0) is 4.79 Å². The number of hydrogen-bond donors (Lipinski definition) is 1. The Bertz CT molecular complexity index is 546. The molecule has 8 heteroatoms. The number of carbonyl (C=O) groups is 2. The van der Waals surface area contributed by atoms with Crippen LogP contribution in [0.25, 0.3) is 0 Å². The molecule has 0 aliphatic rings. The summed E-state index contributed by atoms with van der Waals surface area (Å²) < 4.78 is 13.1. The van der Waals surface area contributed by atoms with Crippen LogP contribution in [0.1, 0.15) is 17.3 Å². The minimum Gasteiger partial charge on any atom is -0.480 e. The first-order chi connectivity index (χ1) is 8.75. The van der Waals surface area contributed by atoms with E-state index in [-0.39, 0.29) is 0 Å². The Hall–Kier alpha value is -2.51. The number of nitrogens with zero attached hydrogens (tertiary/aromatic N) is 2. The van der Waals surface area contributed by atoms with Crippen LogP contribution in [0.5, 0.6) is 0 Å². The van der Waals surface area contributed by atoms with Gasteiger partial charge in [-0.05, 0) is 19.1 Å². The monoisotopic (exact) mass is 270 g/mol. The second-order valence-corrected chi connectivity index (χ2v) is 3.85. The van der Waals surface area contributed by atoms with Crippen molar-refractivity contribution in [1.82, 2.24) is 4.90 Å². The van der Waals surface area contributed by atoms with Gasteiger partial charge in [0.05, 0.1) is 4.92 Å². The Morgan fingerprint density at radius 3 is 2.53 bits per heavy atom. The zero-order valence-electron chi connectivity index (χ0n) is 10.2. The zero-order chi connectivity index (χ0) is 14.7. The molecule has 0 aromatic heterocycles. The van der Waals surface area contributed by atoms with E-state index in [0.717, 1.165) is 17.0 Å². The molecule has 0 aliphatic heterocycles. The molecule has 0 heterocycles. The molecule has 0 bridgehead atoms. The van der Waals surface area contributed by atoms with Crippen molar-refractivity contribution < 1.29 is 24.0 Å². The second-order valence-electron chi connectivity index (χ2n) is 3.85. The minimum atomic E-state index is -1.27. The number of benzene rings is 1. The van der Waals surface area contributed by atoms with E-state index >= 15 is 0 Å². The van der Waals surface area contributed by atoms with Crippen LogP contribution >= 0.6 is 0 Å². The molecule has 1 rings (SSSR count). The van der Waals surface area contributed by atoms with Crippen LogP contribution in [0.2, 0.25) is 0 Å². The average Bonchev–Trinajstić information content (AvgIpc) is 2.35. The number of carbonyl (C=O) groups excluding carboxylic acids is 1. The summed E-state index contributed by atoms with van der Waals surface area (Å²) in [5.41, 5.74) is -1.06. The van der Waals surface area contributed by atoms with E-state index in [1.54, 1.807) is 0 Å². The highest BCUT2D eigenvalue weighted by atomic mass is 19.1. The fourth-order valence-corrected chi connectivity index (χ4v) is 1.37. The summed E-state index contributed by atoms with van der Waals surface area (Å²) in [5.74, 6) is -3.01. The molecular formula is C11H11FN2O5. The summed E-state index contributed by atoms with van der Waals surface area (Å²) in [6.07, 6.45) is 0. The summed E-state index contributed by atoms with van der Waals surface area (Å²) in [5, 5.41) is 19.5. The summed E-state index contributed by atoms with van der Waals surface area (Å²) in [6.45, 7) is 1.24. The molecule has 1 amide bonds. The van der Waals surface area contributed by atoms with Crippen molar-refractivity contribution >= 4 is 17.6 Å². The van der Waals surface area contributed by atoms with E-state index in [1.807, 2.05) is 0 Å². The van der Waals surface area contributed by atoms with Gasteiger partial charge in [0.25, 0.3) is 11.6 Å². The van der Waals surface area contributed by atoms with Crippen molar-refractivity contribution in [2.24, 2.45) is 0 Å². The van der Waals surface area contributed by atoms with E-state index < -0.39 is 39.9 Å². The first kappa shape index (κ1) is 14.6. The molecule has 19 heavy (non-hydrogen) atoms. The van der Waals surface area contributed by atoms with Gasteiger partial charge < -0.3 is 10.0 Å². The van der Waals surface area contributed by atoms with Gasteiger partial charge in [-0.2, -0.15) is 0 Å². The van der Waals surface area contributed by atoms with Crippen LogP contribution in [0.4, 0.5) is 10.1 Å². The molecule has 0 saturated carbocycles. The third-order valence-corrected chi connectivity index (χ3v) is 2.64. The van der Waals surface area contributed by atoms with E-state index in [0.29, 0.717) is 6.07 Å². The summed E-state index contributed by atoms with van der Waals surface area (Å²) >= 11 is 0. The number of amides is 1. The highest BCUT2D eigenvalue weighted by Crippen LogP contribution is 2.21. The van der Waals surface area contributed by atoms with Gasteiger partial charge in [-0.25, -0.2) is 9.18 Å². The molecule has 1 atom stereocenters. The van der Waals surface area contributed by atoms with Gasteiger partial charge in [-0.15, -0.1) is 0 Å². The van der Waals surface area contributed by atoms with Crippen molar-refractivity contribution in [2.75, 3.05) is 7.05 Å². The summed E-state index contributed by atoms with van der Waals surface area (Å²) in [7, 11) is 1.18. The molecular weight excluding hydrogens is 259 g/mol. The third kappa shape index (κ3) is 3.03. The molecule has 1 N–H and O–H groups in total. The lowest BCUT2D eigenvalue weighted by Gasteiger charge is -2.21. The van der Waals surface area contributed by atoms with Gasteiger partial charge >= 0.3 is 5.97 Å². The summed E-state index contributed by atoms with van der Waals surface area (Å²) in [4.78, 5) is 33.4. The number of nitro benzene ring substituents is 1. The van der Waals surface area contributed by atoms with Gasteiger partial charge in [-0.3, -0.25) is 14.9 Å². The lowest BCUT2D eigenvalue weighted by molar-refractivity contribution is -0.385. The largest absolute Gasteiger partial charge is 0.480 e. The number of carboxylic acids is 1. The Balaban J connectivity index is 3.22.